The Morgan fingerprint density at radius 3 is 2.79 bits per heavy atom. The first-order chi connectivity index (χ1) is 6.69. The molecule has 0 amide bonds. The van der Waals surface area contributed by atoms with Gasteiger partial charge in [-0.15, -0.1) is 0 Å². The molecule has 84 valence electrons. The number of piperidine rings is 1. The highest BCUT2D eigenvalue weighted by molar-refractivity contribution is 4.84. The molecule has 1 aliphatic heterocycles. The number of hydrogen-bond donors (Lipinski definition) is 1. The van der Waals surface area contributed by atoms with Gasteiger partial charge in [-0.1, -0.05) is 6.92 Å². The van der Waals surface area contributed by atoms with Gasteiger partial charge < -0.3 is 10.5 Å². The molecule has 1 aliphatic rings. The van der Waals surface area contributed by atoms with Crippen LogP contribution in [0.4, 0.5) is 0 Å². The molecular weight excluding hydrogens is 176 g/mol. The summed E-state index contributed by atoms with van der Waals surface area (Å²) in [6.45, 7) is 6.47. The summed E-state index contributed by atoms with van der Waals surface area (Å²) in [6.07, 6.45) is 3.41. The van der Waals surface area contributed by atoms with Crippen LogP contribution in [-0.2, 0) is 4.74 Å². The van der Waals surface area contributed by atoms with Crippen molar-refractivity contribution in [1.29, 1.82) is 0 Å². The Kier molecular flexibility index (Phi) is 4.85. The molecule has 0 aromatic carbocycles. The van der Waals surface area contributed by atoms with Crippen LogP contribution in [0.15, 0.2) is 0 Å². The van der Waals surface area contributed by atoms with Crippen molar-refractivity contribution < 1.29 is 4.74 Å². The molecule has 1 fully saturated rings. The van der Waals surface area contributed by atoms with Crippen molar-refractivity contribution in [3.05, 3.63) is 0 Å². The van der Waals surface area contributed by atoms with E-state index < -0.39 is 0 Å². The molecular formula is C11H24N2O. The number of hydrogen-bond acceptors (Lipinski definition) is 3. The predicted molar refractivity (Wildman–Crippen MR) is 59.3 cm³/mol. The zero-order chi connectivity index (χ0) is 10.6. The topological polar surface area (TPSA) is 38.5 Å². The van der Waals surface area contributed by atoms with Gasteiger partial charge in [-0.25, -0.2) is 0 Å². The summed E-state index contributed by atoms with van der Waals surface area (Å²) in [6, 6.07) is 1.59. The minimum Gasteiger partial charge on any atom is -0.383 e. The highest BCUT2D eigenvalue weighted by Crippen LogP contribution is 2.20. The van der Waals surface area contributed by atoms with Gasteiger partial charge in [0.1, 0.15) is 0 Å². The lowest BCUT2D eigenvalue weighted by Crippen LogP contribution is -2.51. The Hall–Kier alpha value is -0.120. The molecule has 3 atom stereocenters. The third-order valence-corrected chi connectivity index (χ3v) is 3.27. The van der Waals surface area contributed by atoms with Gasteiger partial charge in [0, 0.05) is 31.8 Å². The second-order valence-electron chi connectivity index (χ2n) is 4.39. The van der Waals surface area contributed by atoms with Crippen molar-refractivity contribution in [2.45, 2.75) is 51.2 Å². The van der Waals surface area contributed by atoms with Crippen molar-refractivity contribution >= 4 is 0 Å². The molecule has 3 unspecified atom stereocenters. The van der Waals surface area contributed by atoms with E-state index in [2.05, 4.69) is 18.7 Å². The van der Waals surface area contributed by atoms with E-state index in [0.29, 0.717) is 18.1 Å². The van der Waals surface area contributed by atoms with Crippen molar-refractivity contribution in [2.24, 2.45) is 5.73 Å². The highest BCUT2D eigenvalue weighted by atomic mass is 16.5. The van der Waals surface area contributed by atoms with Crippen molar-refractivity contribution in [3.8, 4) is 0 Å². The predicted octanol–water partition coefficient (Wildman–Crippen LogP) is 1.22. The van der Waals surface area contributed by atoms with Gasteiger partial charge in [-0.05, 0) is 26.2 Å². The van der Waals surface area contributed by atoms with E-state index in [0.717, 1.165) is 32.4 Å². The average molecular weight is 200 g/mol. The van der Waals surface area contributed by atoms with Crippen LogP contribution in [0.25, 0.3) is 0 Å². The number of methoxy groups -OCH3 is 1. The number of rotatable bonds is 4. The standard InChI is InChI=1S/C11H24N2O/c1-4-11(8-14-3)13-6-5-10(12)7-9(13)2/h9-11H,4-8,12H2,1-3H3. The summed E-state index contributed by atoms with van der Waals surface area (Å²) in [4.78, 5) is 2.55. The summed E-state index contributed by atoms with van der Waals surface area (Å²) in [7, 11) is 1.78. The lowest BCUT2D eigenvalue weighted by molar-refractivity contribution is 0.0399. The highest BCUT2D eigenvalue weighted by Gasteiger charge is 2.27. The smallest absolute Gasteiger partial charge is 0.0618 e. The largest absolute Gasteiger partial charge is 0.383 e. The summed E-state index contributed by atoms with van der Waals surface area (Å²) < 4.78 is 5.25. The number of nitrogens with two attached hydrogens (primary N) is 1. The van der Waals surface area contributed by atoms with E-state index in [1.54, 1.807) is 7.11 Å². The Morgan fingerprint density at radius 2 is 2.29 bits per heavy atom. The van der Waals surface area contributed by atoms with Crippen molar-refractivity contribution in [2.75, 3.05) is 20.3 Å². The van der Waals surface area contributed by atoms with Gasteiger partial charge in [-0.2, -0.15) is 0 Å². The van der Waals surface area contributed by atoms with Crippen LogP contribution in [0.2, 0.25) is 0 Å². The Labute approximate surface area is 87.6 Å². The lowest BCUT2D eigenvalue weighted by Gasteiger charge is -2.41. The van der Waals surface area contributed by atoms with E-state index in [9.17, 15) is 0 Å². The molecule has 0 aliphatic carbocycles. The monoisotopic (exact) mass is 200 g/mol. The van der Waals surface area contributed by atoms with E-state index >= 15 is 0 Å². The van der Waals surface area contributed by atoms with Crippen LogP contribution in [0.5, 0.6) is 0 Å². The molecule has 0 aromatic heterocycles. The molecule has 0 aromatic rings. The second kappa shape index (κ2) is 5.69. The van der Waals surface area contributed by atoms with E-state index in [4.69, 9.17) is 10.5 Å². The minimum absolute atomic E-state index is 0.404. The number of nitrogens with zero attached hydrogens (tertiary/aromatic N) is 1. The molecule has 1 rings (SSSR count). The van der Waals surface area contributed by atoms with Crippen LogP contribution in [0.1, 0.15) is 33.1 Å². The van der Waals surface area contributed by atoms with Crippen LogP contribution < -0.4 is 5.73 Å². The van der Waals surface area contributed by atoms with Crippen LogP contribution >= 0.6 is 0 Å². The fourth-order valence-corrected chi connectivity index (χ4v) is 2.41. The molecule has 1 heterocycles. The normalized spacial score (nSPS) is 31.7. The molecule has 0 spiro atoms. The zero-order valence-electron chi connectivity index (χ0n) is 9.70. The minimum atomic E-state index is 0.404. The maximum absolute atomic E-state index is 5.95. The van der Waals surface area contributed by atoms with Crippen LogP contribution in [-0.4, -0.2) is 43.3 Å². The fraction of sp³-hybridized carbons (Fsp3) is 1.00. The van der Waals surface area contributed by atoms with Gasteiger partial charge in [0.2, 0.25) is 0 Å². The molecule has 3 heteroatoms. The van der Waals surface area contributed by atoms with E-state index in [1.165, 1.54) is 0 Å². The van der Waals surface area contributed by atoms with Crippen LogP contribution in [0.3, 0.4) is 0 Å². The summed E-state index contributed by atoms with van der Waals surface area (Å²) in [5.41, 5.74) is 5.95. The van der Waals surface area contributed by atoms with Gasteiger partial charge in [0.25, 0.3) is 0 Å². The molecule has 0 bridgehead atoms. The Morgan fingerprint density at radius 1 is 1.57 bits per heavy atom. The second-order valence-corrected chi connectivity index (χ2v) is 4.39. The number of likely N-dealkylation sites (tertiary alicyclic amines) is 1. The maximum Gasteiger partial charge on any atom is 0.0618 e. The average Bonchev–Trinajstić information content (AvgIpc) is 2.15. The molecule has 3 nitrogen and oxygen atoms in total. The Balaban J connectivity index is 2.48. The van der Waals surface area contributed by atoms with Gasteiger partial charge in [0.05, 0.1) is 6.61 Å². The van der Waals surface area contributed by atoms with Gasteiger partial charge in [0.15, 0.2) is 0 Å². The Bertz CT molecular complexity index is 163. The van der Waals surface area contributed by atoms with Crippen molar-refractivity contribution in [1.82, 2.24) is 4.90 Å². The first-order valence-corrected chi connectivity index (χ1v) is 5.69. The molecule has 14 heavy (non-hydrogen) atoms. The van der Waals surface area contributed by atoms with E-state index in [-0.39, 0.29) is 0 Å². The SMILES string of the molecule is CCC(COC)N1CCC(N)CC1C. The van der Waals surface area contributed by atoms with Crippen molar-refractivity contribution in [3.63, 3.8) is 0 Å². The zero-order valence-corrected chi connectivity index (χ0v) is 9.70. The molecule has 2 N–H and O–H groups in total. The fourth-order valence-electron chi connectivity index (χ4n) is 2.41. The van der Waals surface area contributed by atoms with Gasteiger partial charge >= 0.3 is 0 Å². The first-order valence-electron chi connectivity index (χ1n) is 5.69. The first kappa shape index (κ1) is 12.0. The summed E-state index contributed by atoms with van der Waals surface area (Å²) in [5.74, 6) is 0. The molecule has 1 saturated heterocycles. The molecule has 0 radical (unpaired) electrons. The van der Waals surface area contributed by atoms with Crippen LogP contribution in [0, 0.1) is 0 Å². The molecule has 0 saturated carbocycles. The lowest BCUT2D eigenvalue weighted by atomic mass is 9.96. The van der Waals surface area contributed by atoms with E-state index in [1.807, 2.05) is 0 Å². The van der Waals surface area contributed by atoms with Gasteiger partial charge in [-0.3, -0.25) is 4.90 Å². The third kappa shape index (κ3) is 2.94. The summed E-state index contributed by atoms with van der Waals surface area (Å²) >= 11 is 0. The summed E-state index contributed by atoms with van der Waals surface area (Å²) in [5, 5.41) is 0. The third-order valence-electron chi connectivity index (χ3n) is 3.27. The number of ether oxygens (including phenoxy) is 1. The maximum atomic E-state index is 5.95. The quantitative estimate of drug-likeness (QED) is 0.741.